The molecule has 0 bridgehead atoms. The molecule has 1 aromatic heterocycles. The summed E-state index contributed by atoms with van der Waals surface area (Å²) in [6, 6.07) is -0.312. The Bertz CT molecular complexity index is 362. The lowest BCUT2D eigenvalue weighted by Crippen LogP contribution is -2.22. The number of alkyl halides is 3. The van der Waals surface area contributed by atoms with Crippen LogP contribution in [-0.2, 0) is 0 Å². The molecule has 0 saturated carbocycles. The van der Waals surface area contributed by atoms with Gasteiger partial charge in [0.25, 0.3) is 0 Å². The van der Waals surface area contributed by atoms with E-state index in [0.717, 1.165) is 10.4 Å². The predicted octanol–water partition coefficient (Wildman–Crippen LogP) is 4.70. The molecule has 0 fully saturated rings. The van der Waals surface area contributed by atoms with Crippen molar-refractivity contribution < 1.29 is 13.2 Å². The minimum absolute atomic E-state index is 0.0248. The molecule has 1 rings (SSSR count). The second kappa shape index (κ2) is 6.07. The molecule has 1 unspecified atom stereocenters. The lowest BCUT2D eigenvalue weighted by molar-refractivity contribution is -0.136. The van der Waals surface area contributed by atoms with E-state index in [9.17, 15) is 13.2 Å². The molecule has 1 heterocycles. The average Bonchev–Trinajstić information content (AvgIpc) is 2.54. The molecule has 0 aromatic carbocycles. The molecule has 98 valence electrons. The first kappa shape index (κ1) is 14.8. The predicted molar refractivity (Wildman–Crippen MR) is 65.8 cm³/mol. The molecule has 0 saturated heterocycles. The van der Waals surface area contributed by atoms with Crippen LogP contribution in [0, 0.1) is 6.92 Å². The summed E-state index contributed by atoms with van der Waals surface area (Å²) in [5.74, 6) is 0. The van der Waals surface area contributed by atoms with Gasteiger partial charge in [-0.25, -0.2) is 0 Å². The standard InChI is InChI=1S/C11H15ClF3NS/c1-3-16-8(4-5-11(13,14)15)10-9(12)7(2)6-17-10/h6,8,16H,3-5H2,1-2H3. The van der Waals surface area contributed by atoms with Crippen molar-refractivity contribution in [1.82, 2.24) is 5.32 Å². The summed E-state index contributed by atoms with van der Waals surface area (Å²) in [4.78, 5) is 0.801. The molecule has 17 heavy (non-hydrogen) atoms. The topological polar surface area (TPSA) is 12.0 Å². The second-order valence-corrected chi connectivity index (χ2v) is 5.15. The number of nitrogens with one attached hydrogen (secondary N) is 1. The normalized spacial score (nSPS) is 14.0. The Kier molecular flexibility index (Phi) is 5.28. The molecule has 6 heteroatoms. The van der Waals surface area contributed by atoms with E-state index in [2.05, 4.69) is 5.32 Å². The van der Waals surface area contributed by atoms with Crippen LogP contribution in [0.15, 0.2) is 5.38 Å². The van der Waals surface area contributed by atoms with E-state index in [-0.39, 0.29) is 12.5 Å². The van der Waals surface area contributed by atoms with Crippen molar-refractivity contribution >= 4 is 22.9 Å². The summed E-state index contributed by atoms with van der Waals surface area (Å²) in [7, 11) is 0. The maximum atomic E-state index is 12.2. The largest absolute Gasteiger partial charge is 0.389 e. The smallest absolute Gasteiger partial charge is 0.309 e. The minimum atomic E-state index is -4.12. The Hall–Kier alpha value is -0.260. The van der Waals surface area contributed by atoms with E-state index in [1.165, 1.54) is 11.3 Å². The van der Waals surface area contributed by atoms with Gasteiger partial charge in [-0.05, 0) is 30.8 Å². The molecule has 0 aliphatic rings. The third-order valence-corrected chi connectivity index (χ3v) is 4.24. The summed E-state index contributed by atoms with van der Waals surface area (Å²) in [5, 5.41) is 5.51. The van der Waals surface area contributed by atoms with E-state index < -0.39 is 12.6 Å². The number of rotatable bonds is 5. The monoisotopic (exact) mass is 285 g/mol. The van der Waals surface area contributed by atoms with Crippen molar-refractivity contribution in [1.29, 1.82) is 0 Å². The van der Waals surface area contributed by atoms with E-state index >= 15 is 0 Å². The van der Waals surface area contributed by atoms with Gasteiger partial charge in [-0.1, -0.05) is 18.5 Å². The fourth-order valence-corrected chi connectivity index (χ4v) is 3.00. The lowest BCUT2D eigenvalue weighted by Gasteiger charge is -2.18. The zero-order valence-corrected chi connectivity index (χ0v) is 11.3. The van der Waals surface area contributed by atoms with Gasteiger partial charge in [-0.3, -0.25) is 0 Å². The highest BCUT2D eigenvalue weighted by Crippen LogP contribution is 2.36. The van der Waals surface area contributed by atoms with Gasteiger partial charge in [-0.2, -0.15) is 13.2 Å². The number of hydrogen-bond acceptors (Lipinski definition) is 2. The number of thiophene rings is 1. The first-order valence-electron chi connectivity index (χ1n) is 5.38. The van der Waals surface area contributed by atoms with Gasteiger partial charge in [-0.15, -0.1) is 11.3 Å². The molecule has 0 amide bonds. The third-order valence-electron chi connectivity index (χ3n) is 2.41. The van der Waals surface area contributed by atoms with Crippen molar-refractivity contribution in [2.24, 2.45) is 0 Å². The van der Waals surface area contributed by atoms with E-state index in [1.807, 2.05) is 19.2 Å². The molecule has 1 atom stereocenters. The van der Waals surface area contributed by atoms with Crippen molar-refractivity contribution in [3.05, 3.63) is 20.8 Å². The SMILES string of the molecule is CCNC(CCC(F)(F)F)c1scc(C)c1Cl. The average molecular weight is 286 g/mol. The summed E-state index contributed by atoms with van der Waals surface area (Å²) in [6.07, 6.45) is -4.89. The Morgan fingerprint density at radius 3 is 2.53 bits per heavy atom. The van der Waals surface area contributed by atoms with Crippen LogP contribution in [0.5, 0.6) is 0 Å². The Balaban J connectivity index is 2.75. The van der Waals surface area contributed by atoms with E-state index in [4.69, 9.17) is 11.6 Å². The fourth-order valence-electron chi connectivity index (χ4n) is 1.57. The maximum Gasteiger partial charge on any atom is 0.389 e. The van der Waals surface area contributed by atoms with Gasteiger partial charge in [0.2, 0.25) is 0 Å². The van der Waals surface area contributed by atoms with Crippen LogP contribution < -0.4 is 5.32 Å². The van der Waals surface area contributed by atoms with Crippen molar-refractivity contribution in [2.75, 3.05) is 6.54 Å². The maximum absolute atomic E-state index is 12.2. The first-order chi connectivity index (χ1) is 7.85. The highest BCUT2D eigenvalue weighted by Gasteiger charge is 2.29. The highest BCUT2D eigenvalue weighted by atomic mass is 35.5. The van der Waals surface area contributed by atoms with Crippen LogP contribution in [0.2, 0.25) is 5.02 Å². The number of aryl methyl sites for hydroxylation is 1. The van der Waals surface area contributed by atoms with Crippen molar-refractivity contribution in [3.63, 3.8) is 0 Å². The van der Waals surface area contributed by atoms with E-state index in [0.29, 0.717) is 11.6 Å². The Morgan fingerprint density at radius 1 is 1.47 bits per heavy atom. The molecule has 1 nitrogen and oxygen atoms in total. The van der Waals surface area contributed by atoms with E-state index in [1.54, 1.807) is 0 Å². The summed E-state index contributed by atoms with van der Waals surface area (Å²) in [6.45, 7) is 4.35. The second-order valence-electron chi connectivity index (χ2n) is 3.86. The molecule has 0 radical (unpaired) electrons. The molecular weight excluding hydrogens is 271 g/mol. The van der Waals surface area contributed by atoms with Crippen molar-refractivity contribution in [2.45, 2.75) is 38.9 Å². The van der Waals surface area contributed by atoms with Gasteiger partial charge in [0.1, 0.15) is 0 Å². The Labute approximate surface area is 108 Å². The van der Waals surface area contributed by atoms with Gasteiger partial charge in [0.05, 0.1) is 5.02 Å². The summed E-state index contributed by atoms with van der Waals surface area (Å²) >= 11 is 7.49. The summed E-state index contributed by atoms with van der Waals surface area (Å²) < 4.78 is 36.7. The quantitative estimate of drug-likeness (QED) is 0.826. The molecule has 1 N–H and O–H groups in total. The van der Waals surface area contributed by atoms with Gasteiger partial charge >= 0.3 is 6.18 Å². The van der Waals surface area contributed by atoms with Crippen LogP contribution in [0.1, 0.15) is 36.2 Å². The minimum Gasteiger partial charge on any atom is -0.309 e. The lowest BCUT2D eigenvalue weighted by atomic mass is 10.1. The van der Waals surface area contributed by atoms with Gasteiger partial charge < -0.3 is 5.32 Å². The number of halogens is 4. The fraction of sp³-hybridized carbons (Fsp3) is 0.636. The highest BCUT2D eigenvalue weighted by molar-refractivity contribution is 7.10. The van der Waals surface area contributed by atoms with Crippen LogP contribution in [-0.4, -0.2) is 12.7 Å². The molecule has 0 spiro atoms. The van der Waals surface area contributed by atoms with Crippen LogP contribution in [0.25, 0.3) is 0 Å². The molecule has 0 aliphatic carbocycles. The Morgan fingerprint density at radius 2 is 2.12 bits per heavy atom. The van der Waals surface area contributed by atoms with Gasteiger partial charge in [0.15, 0.2) is 0 Å². The number of hydrogen-bond donors (Lipinski definition) is 1. The van der Waals surface area contributed by atoms with Crippen molar-refractivity contribution in [3.8, 4) is 0 Å². The van der Waals surface area contributed by atoms with Crippen LogP contribution in [0.4, 0.5) is 13.2 Å². The molecule has 0 aliphatic heterocycles. The third kappa shape index (κ3) is 4.48. The first-order valence-corrected chi connectivity index (χ1v) is 6.64. The van der Waals surface area contributed by atoms with Crippen LogP contribution >= 0.6 is 22.9 Å². The molecular formula is C11H15ClF3NS. The summed E-state index contributed by atoms with van der Waals surface area (Å²) in [5.41, 5.74) is 0.918. The zero-order valence-electron chi connectivity index (χ0n) is 9.70. The van der Waals surface area contributed by atoms with Crippen LogP contribution in [0.3, 0.4) is 0 Å². The zero-order chi connectivity index (χ0) is 13.1. The molecule has 1 aromatic rings. The van der Waals surface area contributed by atoms with Gasteiger partial charge in [0, 0.05) is 17.3 Å².